The minimum Gasteiger partial charge on any atom is -0.478 e. The minimum atomic E-state index is -4.97. The number of aromatic carboxylic acids is 1. The van der Waals surface area contributed by atoms with Gasteiger partial charge >= 0.3 is 12.3 Å². The summed E-state index contributed by atoms with van der Waals surface area (Å²) in [6.07, 6.45) is -4.97. The highest BCUT2D eigenvalue weighted by atomic mass is 32.2. The first kappa shape index (κ1) is 22.2. The van der Waals surface area contributed by atoms with Crippen LogP contribution in [0.2, 0.25) is 0 Å². The molecule has 0 saturated heterocycles. The summed E-state index contributed by atoms with van der Waals surface area (Å²) in [6.45, 7) is 0. The average molecular weight is 451 g/mol. The molecule has 10 heteroatoms. The van der Waals surface area contributed by atoms with E-state index in [9.17, 15) is 26.4 Å². The molecule has 0 aliphatic carbocycles. The zero-order chi connectivity index (χ0) is 22.6. The molecule has 0 aliphatic rings. The molecule has 2 N–H and O–H groups in total. The van der Waals surface area contributed by atoms with Crippen LogP contribution >= 0.6 is 0 Å². The summed E-state index contributed by atoms with van der Waals surface area (Å²) in [5.41, 5.74) is 0.811. The van der Waals surface area contributed by atoms with Gasteiger partial charge in [-0.2, -0.15) is 0 Å². The molecule has 0 saturated carbocycles. The molecule has 3 rings (SSSR count). The molecular weight excluding hydrogens is 435 g/mol. The molecule has 0 heterocycles. The third-order valence-electron chi connectivity index (χ3n) is 4.12. The Kier molecular flexibility index (Phi) is 6.21. The van der Waals surface area contributed by atoms with E-state index in [0.29, 0.717) is 11.1 Å². The molecule has 0 aliphatic heterocycles. The van der Waals surface area contributed by atoms with E-state index < -0.39 is 33.9 Å². The monoisotopic (exact) mass is 451 g/mol. The molecule has 0 fully saturated rings. The van der Waals surface area contributed by atoms with Gasteiger partial charge in [0.15, 0.2) is 0 Å². The van der Waals surface area contributed by atoms with Crippen LogP contribution in [0.4, 0.5) is 18.9 Å². The van der Waals surface area contributed by atoms with Gasteiger partial charge in [0.2, 0.25) is 10.0 Å². The van der Waals surface area contributed by atoms with Gasteiger partial charge in [-0.1, -0.05) is 42.5 Å². The third kappa shape index (κ3) is 6.22. The normalized spacial score (nSPS) is 11.7. The van der Waals surface area contributed by atoms with E-state index in [1.54, 1.807) is 30.3 Å². The van der Waals surface area contributed by atoms with E-state index >= 15 is 0 Å². The first-order valence-corrected chi connectivity index (χ1v) is 10.5. The smallest absolute Gasteiger partial charge is 0.478 e. The molecule has 0 spiro atoms. The minimum absolute atomic E-state index is 0.000417. The van der Waals surface area contributed by atoms with Gasteiger partial charge in [-0.15, -0.1) is 13.2 Å². The van der Waals surface area contributed by atoms with Gasteiger partial charge in [-0.3, -0.25) is 4.72 Å². The lowest BCUT2D eigenvalue weighted by molar-refractivity contribution is -0.274. The average Bonchev–Trinajstić information content (AvgIpc) is 2.67. The highest BCUT2D eigenvalue weighted by Gasteiger charge is 2.32. The molecule has 0 amide bonds. The number of carbonyl (C=O) groups is 1. The molecule has 0 unspecified atom stereocenters. The number of benzene rings is 3. The molecule has 0 radical (unpaired) electrons. The number of sulfonamides is 1. The summed E-state index contributed by atoms with van der Waals surface area (Å²) in [4.78, 5) is 10.9. The number of carboxylic acids is 1. The zero-order valence-electron chi connectivity index (χ0n) is 15.8. The van der Waals surface area contributed by atoms with E-state index in [1.165, 1.54) is 36.4 Å². The predicted molar refractivity (Wildman–Crippen MR) is 108 cm³/mol. The predicted octanol–water partition coefficient (Wildman–Crippen LogP) is 4.89. The number of rotatable bonds is 7. The van der Waals surface area contributed by atoms with Crippen LogP contribution in [0.5, 0.6) is 5.75 Å². The second kappa shape index (κ2) is 8.68. The maximum absolute atomic E-state index is 12.9. The summed E-state index contributed by atoms with van der Waals surface area (Å²) in [6, 6.07) is 17.0. The number of alkyl halides is 3. The van der Waals surface area contributed by atoms with Crippen LogP contribution in [-0.4, -0.2) is 25.9 Å². The fraction of sp³-hybridized carbons (Fsp3) is 0.0952. The molecular formula is C21H16F3NO5S. The molecule has 0 bridgehead atoms. The number of ether oxygens (including phenoxy) is 1. The third-order valence-corrected chi connectivity index (χ3v) is 5.38. The van der Waals surface area contributed by atoms with Crippen LogP contribution in [0.3, 0.4) is 0 Å². The van der Waals surface area contributed by atoms with Crippen molar-refractivity contribution >= 4 is 21.7 Å². The van der Waals surface area contributed by atoms with Crippen molar-refractivity contribution in [2.45, 2.75) is 12.1 Å². The number of hydrogen-bond donors (Lipinski definition) is 2. The van der Waals surface area contributed by atoms with Crippen LogP contribution in [0.25, 0.3) is 11.1 Å². The number of carboxylic acid groups (broad SMARTS) is 1. The summed E-state index contributed by atoms with van der Waals surface area (Å²) in [5.74, 6) is -2.20. The number of halogens is 3. The number of hydrogen-bond acceptors (Lipinski definition) is 4. The van der Waals surface area contributed by atoms with E-state index in [0.717, 1.165) is 6.07 Å². The van der Waals surface area contributed by atoms with Gasteiger partial charge in [0.25, 0.3) is 0 Å². The Morgan fingerprint density at radius 2 is 1.61 bits per heavy atom. The van der Waals surface area contributed by atoms with Crippen LogP contribution in [0, 0.1) is 0 Å². The van der Waals surface area contributed by atoms with E-state index in [4.69, 9.17) is 5.11 Å². The molecule has 3 aromatic rings. The van der Waals surface area contributed by atoms with Crippen molar-refractivity contribution in [3.8, 4) is 16.9 Å². The van der Waals surface area contributed by atoms with Gasteiger partial charge in [-0.25, -0.2) is 13.2 Å². The van der Waals surface area contributed by atoms with Gasteiger partial charge in [-0.05, 0) is 35.4 Å². The first-order chi connectivity index (χ1) is 14.5. The van der Waals surface area contributed by atoms with Gasteiger partial charge in [0.05, 0.1) is 17.0 Å². The second-order valence-corrected chi connectivity index (χ2v) is 8.21. The van der Waals surface area contributed by atoms with Crippen molar-refractivity contribution in [2.24, 2.45) is 0 Å². The first-order valence-electron chi connectivity index (χ1n) is 8.80. The summed E-state index contributed by atoms with van der Waals surface area (Å²) >= 11 is 0. The van der Waals surface area contributed by atoms with Gasteiger partial charge in [0.1, 0.15) is 5.75 Å². The fourth-order valence-corrected chi connectivity index (χ4v) is 4.02. The number of nitrogens with one attached hydrogen (secondary N) is 1. The highest BCUT2D eigenvalue weighted by molar-refractivity contribution is 7.91. The Morgan fingerprint density at radius 1 is 0.968 bits per heavy atom. The van der Waals surface area contributed by atoms with E-state index in [1.807, 2.05) is 0 Å². The highest BCUT2D eigenvalue weighted by Crippen LogP contribution is 2.36. The van der Waals surface area contributed by atoms with Crippen molar-refractivity contribution in [3.63, 3.8) is 0 Å². The van der Waals surface area contributed by atoms with E-state index in [2.05, 4.69) is 9.46 Å². The standard InChI is InChI=1S/C21H16F3NO5S/c22-21(23,24)30-19-12-17(10-11-18(19)15-4-2-1-3-5-15)25-31(28,29)13-14-6-8-16(9-7-14)20(26)27/h1-12,25H,13H2,(H,26,27). The molecule has 0 atom stereocenters. The van der Waals surface area contributed by atoms with Crippen LogP contribution in [0.1, 0.15) is 15.9 Å². The van der Waals surface area contributed by atoms with Gasteiger partial charge < -0.3 is 9.84 Å². The lowest BCUT2D eigenvalue weighted by Gasteiger charge is -2.16. The van der Waals surface area contributed by atoms with Crippen molar-refractivity contribution in [3.05, 3.63) is 83.9 Å². The lowest BCUT2D eigenvalue weighted by atomic mass is 10.0. The largest absolute Gasteiger partial charge is 0.573 e. The summed E-state index contributed by atoms with van der Waals surface area (Å²) < 4.78 is 69.9. The van der Waals surface area contributed by atoms with Crippen molar-refractivity contribution in [1.29, 1.82) is 0 Å². The Hall–Kier alpha value is -3.53. The molecule has 6 nitrogen and oxygen atoms in total. The van der Waals surface area contributed by atoms with Crippen LogP contribution in [0.15, 0.2) is 72.8 Å². The molecule has 0 aromatic heterocycles. The maximum Gasteiger partial charge on any atom is 0.573 e. The SMILES string of the molecule is O=C(O)c1ccc(CS(=O)(=O)Nc2ccc(-c3ccccc3)c(OC(F)(F)F)c2)cc1. The Morgan fingerprint density at radius 3 is 2.19 bits per heavy atom. The van der Waals surface area contributed by atoms with Crippen molar-refractivity contribution < 1.29 is 36.2 Å². The molecule has 31 heavy (non-hydrogen) atoms. The van der Waals surface area contributed by atoms with E-state index in [-0.39, 0.29) is 16.8 Å². The summed E-state index contributed by atoms with van der Waals surface area (Å²) in [5, 5.41) is 8.89. The number of anilines is 1. The summed E-state index contributed by atoms with van der Waals surface area (Å²) in [7, 11) is -3.99. The molecule has 3 aromatic carbocycles. The van der Waals surface area contributed by atoms with Crippen LogP contribution in [-0.2, 0) is 15.8 Å². The maximum atomic E-state index is 12.9. The van der Waals surface area contributed by atoms with Gasteiger partial charge in [0, 0.05) is 11.6 Å². The molecule has 162 valence electrons. The lowest BCUT2D eigenvalue weighted by Crippen LogP contribution is -2.18. The zero-order valence-corrected chi connectivity index (χ0v) is 16.6. The second-order valence-electron chi connectivity index (χ2n) is 6.49. The van der Waals surface area contributed by atoms with Crippen molar-refractivity contribution in [2.75, 3.05) is 4.72 Å². The Labute approximate surface area is 176 Å². The Balaban J connectivity index is 1.86. The Bertz CT molecular complexity index is 1180. The fourth-order valence-electron chi connectivity index (χ4n) is 2.83. The quantitative estimate of drug-likeness (QED) is 0.534. The van der Waals surface area contributed by atoms with Crippen molar-refractivity contribution in [1.82, 2.24) is 0 Å². The van der Waals surface area contributed by atoms with Crippen LogP contribution < -0.4 is 9.46 Å². The topological polar surface area (TPSA) is 92.7 Å².